The number of benzene rings is 1. The Morgan fingerprint density at radius 2 is 1.67 bits per heavy atom. The Labute approximate surface area is 163 Å². The van der Waals surface area contributed by atoms with Crippen molar-refractivity contribution in [2.75, 3.05) is 11.9 Å². The third-order valence-corrected chi connectivity index (χ3v) is 6.12. The van der Waals surface area contributed by atoms with Crippen molar-refractivity contribution in [3.05, 3.63) is 22.2 Å². The first-order valence-electron chi connectivity index (χ1n) is 7.19. The summed E-state index contributed by atoms with van der Waals surface area (Å²) in [6.07, 6.45) is -5.25. The molecule has 0 saturated heterocycles. The number of hydrogen-bond donors (Lipinski definition) is 4. The van der Waals surface area contributed by atoms with Crippen LogP contribution in [-0.2, 0) is 14.8 Å². The van der Waals surface area contributed by atoms with E-state index in [-0.39, 0.29) is 6.92 Å². The molecule has 1 aromatic carbocycles. The van der Waals surface area contributed by atoms with Crippen LogP contribution < -0.4 is 10.0 Å². The largest absolute Gasteiger partial charge is 0.426 e. The Morgan fingerprint density at radius 3 is 2.11 bits per heavy atom. The van der Waals surface area contributed by atoms with E-state index in [1.807, 2.05) is 0 Å². The molecule has 0 aliphatic carbocycles. The summed E-state index contributed by atoms with van der Waals surface area (Å²) < 4.78 is 65.0. The van der Waals surface area contributed by atoms with Gasteiger partial charge in [0.05, 0.1) is 27.9 Å². The van der Waals surface area contributed by atoms with Gasteiger partial charge in [-0.3, -0.25) is 4.79 Å². The second kappa shape index (κ2) is 7.72. The van der Waals surface area contributed by atoms with Gasteiger partial charge in [-0.05, 0) is 32.9 Å². The van der Waals surface area contributed by atoms with Crippen LogP contribution in [0.1, 0.15) is 20.8 Å². The lowest BCUT2D eigenvalue weighted by Gasteiger charge is -2.25. The zero-order valence-electron chi connectivity index (χ0n) is 14.3. The highest BCUT2D eigenvalue weighted by Gasteiger charge is 2.55. The molecule has 0 aliphatic rings. The number of carbonyl (C=O) groups excluding carboxylic acids is 1. The molecule has 0 aliphatic heterocycles. The van der Waals surface area contributed by atoms with Crippen LogP contribution in [0.25, 0.3) is 0 Å². The van der Waals surface area contributed by atoms with Gasteiger partial charge in [0.15, 0.2) is 0 Å². The molecule has 1 atom stereocenters. The minimum Gasteiger partial charge on any atom is -0.394 e. The van der Waals surface area contributed by atoms with Crippen LogP contribution in [0.2, 0.25) is 10.0 Å². The van der Waals surface area contributed by atoms with Crippen molar-refractivity contribution in [3.8, 4) is 0 Å². The number of sulfonamides is 1. The second-order valence-corrected chi connectivity index (χ2v) is 8.82. The average molecular weight is 453 g/mol. The molecule has 154 valence electrons. The first-order valence-corrected chi connectivity index (χ1v) is 9.43. The lowest BCUT2D eigenvalue weighted by atomic mass is 10.1. The first-order chi connectivity index (χ1) is 12.0. The van der Waals surface area contributed by atoms with Crippen LogP contribution in [0.15, 0.2) is 17.0 Å². The fourth-order valence-corrected chi connectivity index (χ4v) is 3.88. The molecule has 1 aromatic rings. The second-order valence-electron chi connectivity index (χ2n) is 6.41. The highest BCUT2D eigenvalue weighted by atomic mass is 35.5. The normalized spacial score (nSPS) is 15.3. The van der Waals surface area contributed by atoms with Crippen molar-refractivity contribution in [2.24, 2.45) is 0 Å². The maximum absolute atomic E-state index is 12.7. The van der Waals surface area contributed by atoms with E-state index < -0.39 is 60.5 Å². The Morgan fingerprint density at radius 1 is 1.15 bits per heavy atom. The van der Waals surface area contributed by atoms with Gasteiger partial charge in [-0.25, -0.2) is 13.1 Å². The summed E-state index contributed by atoms with van der Waals surface area (Å²) in [4.78, 5) is 11.2. The smallest absolute Gasteiger partial charge is 0.394 e. The predicted molar refractivity (Wildman–Crippen MR) is 93.3 cm³/mol. The molecule has 0 heterocycles. The molecule has 0 radical (unpaired) electrons. The number of aliphatic hydroxyl groups is 2. The van der Waals surface area contributed by atoms with E-state index >= 15 is 0 Å². The van der Waals surface area contributed by atoms with Gasteiger partial charge in [0.25, 0.3) is 5.91 Å². The van der Waals surface area contributed by atoms with Crippen molar-refractivity contribution in [1.82, 2.24) is 4.72 Å². The molecule has 0 bridgehead atoms. The number of hydrogen-bond acceptors (Lipinski definition) is 5. The molecule has 4 N–H and O–H groups in total. The molecular weight excluding hydrogens is 436 g/mol. The van der Waals surface area contributed by atoms with E-state index in [1.54, 1.807) is 5.32 Å². The lowest BCUT2D eigenvalue weighted by Crippen LogP contribution is -2.52. The molecule has 1 rings (SSSR count). The summed E-state index contributed by atoms with van der Waals surface area (Å²) in [5.41, 5.74) is -5.37. The van der Waals surface area contributed by atoms with Crippen LogP contribution in [0, 0.1) is 0 Å². The van der Waals surface area contributed by atoms with Gasteiger partial charge < -0.3 is 15.5 Å². The van der Waals surface area contributed by atoms with Crippen LogP contribution >= 0.6 is 23.2 Å². The Hall–Kier alpha value is -1.11. The number of carbonyl (C=O) groups is 1. The van der Waals surface area contributed by atoms with Gasteiger partial charge in [-0.15, -0.1) is 0 Å². The molecule has 0 unspecified atom stereocenters. The molecule has 0 fully saturated rings. The molecule has 0 spiro atoms. The highest BCUT2D eigenvalue weighted by Crippen LogP contribution is 2.37. The summed E-state index contributed by atoms with van der Waals surface area (Å²) >= 11 is 11.8. The van der Waals surface area contributed by atoms with Crippen LogP contribution in [0.4, 0.5) is 18.9 Å². The van der Waals surface area contributed by atoms with Crippen molar-refractivity contribution < 1.29 is 36.6 Å². The van der Waals surface area contributed by atoms with E-state index in [1.165, 1.54) is 13.8 Å². The predicted octanol–water partition coefficient (Wildman–Crippen LogP) is 2.29. The topological polar surface area (TPSA) is 116 Å². The molecule has 0 saturated carbocycles. The fourth-order valence-electron chi connectivity index (χ4n) is 1.66. The fraction of sp³-hybridized carbons (Fsp3) is 0.500. The van der Waals surface area contributed by atoms with Gasteiger partial charge in [0.1, 0.15) is 4.90 Å². The average Bonchev–Trinajstić information content (AvgIpc) is 2.49. The van der Waals surface area contributed by atoms with Crippen LogP contribution in [0.3, 0.4) is 0 Å². The zero-order chi connectivity index (χ0) is 21.4. The van der Waals surface area contributed by atoms with Crippen molar-refractivity contribution in [3.63, 3.8) is 0 Å². The number of anilines is 1. The van der Waals surface area contributed by atoms with Gasteiger partial charge >= 0.3 is 6.18 Å². The molecule has 0 aromatic heterocycles. The van der Waals surface area contributed by atoms with Crippen molar-refractivity contribution in [1.29, 1.82) is 0 Å². The Balaban J connectivity index is 3.26. The quantitative estimate of drug-likeness (QED) is 0.528. The number of amides is 1. The van der Waals surface area contributed by atoms with E-state index in [4.69, 9.17) is 28.3 Å². The van der Waals surface area contributed by atoms with Gasteiger partial charge in [-0.1, -0.05) is 23.2 Å². The summed E-state index contributed by atoms with van der Waals surface area (Å²) in [5.74, 6) is -1.83. The van der Waals surface area contributed by atoms with Crippen LogP contribution in [0.5, 0.6) is 0 Å². The van der Waals surface area contributed by atoms with Crippen molar-refractivity contribution in [2.45, 2.75) is 43.0 Å². The summed E-state index contributed by atoms with van der Waals surface area (Å²) in [5, 5.41) is 19.1. The first kappa shape index (κ1) is 23.9. The summed E-state index contributed by atoms with van der Waals surface area (Å²) in [7, 11) is -4.25. The Kier molecular flexibility index (Phi) is 6.84. The third kappa shape index (κ3) is 5.24. The molecule has 13 heteroatoms. The van der Waals surface area contributed by atoms with Gasteiger partial charge in [0.2, 0.25) is 15.6 Å². The van der Waals surface area contributed by atoms with Crippen LogP contribution in [-0.4, -0.2) is 48.5 Å². The van der Waals surface area contributed by atoms with Gasteiger partial charge in [0, 0.05) is 0 Å². The van der Waals surface area contributed by atoms with E-state index in [9.17, 15) is 31.5 Å². The monoisotopic (exact) mass is 452 g/mol. The van der Waals surface area contributed by atoms with E-state index in [0.29, 0.717) is 0 Å². The number of halogens is 5. The number of alkyl halides is 3. The van der Waals surface area contributed by atoms with Crippen molar-refractivity contribution >= 4 is 44.8 Å². The summed E-state index contributed by atoms with van der Waals surface area (Å²) in [6.45, 7) is 2.51. The lowest BCUT2D eigenvalue weighted by molar-refractivity contribution is -0.242. The molecule has 7 nitrogen and oxygen atoms in total. The number of nitrogens with one attached hydrogen (secondary N) is 2. The number of rotatable bonds is 6. The standard InChI is InChI=1S/C14H17Cl2F3N2O5S/c1-12(2,6-22)21-27(25,26)8-5-4-7(9(15)10(8)16)20-11(23)13(3,24)14(17,18)19/h4-5,21-22,24H,6H2,1-3H3,(H,20,23)/t13-/m1/s1. The van der Waals surface area contributed by atoms with Gasteiger partial charge in [-0.2, -0.15) is 13.2 Å². The van der Waals surface area contributed by atoms with E-state index in [0.717, 1.165) is 12.1 Å². The minimum absolute atomic E-state index is 0.248. The molecular formula is C14H17Cl2F3N2O5S. The zero-order valence-corrected chi connectivity index (χ0v) is 16.6. The summed E-state index contributed by atoms with van der Waals surface area (Å²) in [6, 6.07) is 1.82. The molecule has 27 heavy (non-hydrogen) atoms. The maximum atomic E-state index is 12.7. The maximum Gasteiger partial charge on any atom is 0.426 e. The third-order valence-electron chi connectivity index (χ3n) is 3.38. The number of aliphatic hydroxyl groups excluding tert-OH is 1. The minimum atomic E-state index is -5.25. The molecule has 1 amide bonds. The highest BCUT2D eigenvalue weighted by molar-refractivity contribution is 7.89. The van der Waals surface area contributed by atoms with E-state index in [2.05, 4.69) is 4.72 Å². The Bertz CT molecular complexity index is 842. The SMILES string of the molecule is CC(C)(CO)NS(=O)(=O)c1ccc(NC(=O)[C@@](C)(O)C(F)(F)F)c(Cl)c1Cl.